The van der Waals surface area contributed by atoms with E-state index in [1.807, 2.05) is 60.7 Å². The molecule has 3 N–H and O–H groups in total. The number of carbonyl (C=O) groups is 1. The fraction of sp³-hybridized carbons (Fsp3) is 0.107. The second-order valence-corrected chi connectivity index (χ2v) is 7.73. The zero-order chi connectivity index (χ0) is 21.9. The van der Waals surface area contributed by atoms with Crippen LogP contribution in [0.15, 0.2) is 84.9 Å². The monoisotopic (exact) mass is 418 g/mol. The Bertz CT molecular complexity index is 1340. The van der Waals surface area contributed by atoms with E-state index in [1.54, 1.807) is 0 Å². The lowest BCUT2D eigenvalue weighted by atomic mass is 9.98. The SMILES string of the molecule is Nc1cccc2c(C#CCNC(=O)OCC3c4ccccc4-c4ccccc43)cccc12. The molecule has 1 aliphatic rings. The lowest BCUT2D eigenvalue weighted by molar-refractivity contribution is 0.144. The fourth-order valence-electron chi connectivity index (χ4n) is 4.35. The number of carbonyl (C=O) groups excluding carboxylic acids is 1. The zero-order valence-electron chi connectivity index (χ0n) is 17.5. The average Bonchev–Trinajstić information content (AvgIpc) is 3.15. The average molecular weight is 418 g/mol. The number of nitrogen functional groups attached to an aromatic ring is 1. The Kier molecular flexibility index (Phi) is 5.23. The van der Waals surface area contributed by atoms with Gasteiger partial charge in [-0.15, -0.1) is 0 Å². The normalized spacial score (nSPS) is 11.9. The molecule has 4 nitrogen and oxygen atoms in total. The van der Waals surface area contributed by atoms with Crippen LogP contribution in [0.25, 0.3) is 21.9 Å². The van der Waals surface area contributed by atoms with Crippen molar-refractivity contribution in [3.63, 3.8) is 0 Å². The van der Waals surface area contributed by atoms with Gasteiger partial charge >= 0.3 is 6.09 Å². The van der Waals surface area contributed by atoms with Gasteiger partial charge in [0.25, 0.3) is 0 Å². The third-order valence-electron chi connectivity index (χ3n) is 5.84. The first-order valence-electron chi connectivity index (χ1n) is 10.6. The summed E-state index contributed by atoms with van der Waals surface area (Å²) >= 11 is 0. The van der Waals surface area contributed by atoms with Crippen LogP contribution in [-0.4, -0.2) is 19.2 Å². The summed E-state index contributed by atoms with van der Waals surface area (Å²) in [5.74, 6) is 6.16. The fourth-order valence-corrected chi connectivity index (χ4v) is 4.35. The van der Waals surface area contributed by atoms with E-state index < -0.39 is 6.09 Å². The molecular weight excluding hydrogens is 396 g/mol. The van der Waals surface area contributed by atoms with E-state index in [4.69, 9.17) is 10.5 Å². The number of anilines is 1. The molecule has 0 fully saturated rings. The molecule has 0 saturated carbocycles. The molecule has 0 aromatic heterocycles. The number of hydrogen-bond acceptors (Lipinski definition) is 3. The van der Waals surface area contributed by atoms with E-state index in [9.17, 15) is 4.79 Å². The van der Waals surface area contributed by atoms with Crippen molar-refractivity contribution in [2.75, 3.05) is 18.9 Å². The van der Waals surface area contributed by atoms with Crippen molar-refractivity contribution < 1.29 is 9.53 Å². The first-order chi connectivity index (χ1) is 15.7. The summed E-state index contributed by atoms with van der Waals surface area (Å²) in [5, 5.41) is 4.70. The molecule has 4 heteroatoms. The number of nitrogens with one attached hydrogen (secondary N) is 1. The summed E-state index contributed by atoms with van der Waals surface area (Å²) in [6.07, 6.45) is -0.469. The van der Waals surface area contributed by atoms with Gasteiger partial charge in [0.2, 0.25) is 0 Å². The van der Waals surface area contributed by atoms with Gasteiger partial charge < -0.3 is 15.8 Å². The summed E-state index contributed by atoms with van der Waals surface area (Å²) in [7, 11) is 0. The Morgan fingerprint density at radius 3 is 2.25 bits per heavy atom. The van der Waals surface area contributed by atoms with Gasteiger partial charge in [0.15, 0.2) is 0 Å². The van der Waals surface area contributed by atoms with Crippen LogP contribution in [0.2, 0.25) is 0 Å². The summed E-state index contributed by atoms with van der Waals surface area (Å²) in [5.41, 5.74) is 12.4. The topological polar surface area (TPSA) is 64.3 Å². The number of nitrogens with two attached hydrogens (primary N) is 1. The van der Waals surface area contributed by atoms with Crippen LogP contribution in [-0.2, 0) is 4.74 Å². The second-order valence-electron chi connectivity index (χ2n) is 7.73. The predicted octanol–water partition coefficient (Wildman–Crippen LogP) is 5.31. The van der Waals surface area contributed by atoms with Gasteiger partial charge in [-0.25, -0.2) is 4.79 Å². The molecule has 32 heavy (non-hydrogen) atoms. The van der Waals surface area contributed by atoms with Gasteiger partial charge in [-0.05, 0) is 39.8 Å². The maximum atomic E-state index is 12.3. The lowest BCUT2D eigenvalue weighted by Gasteiger charge is -2.14. The number of amides is 1. The molecule has 0 unspecified atom stereocenters. The summed E-state index contributed by atoms with van der Waals surface area (Å²) in [6.45, 7) is 0.491. The standard InChI is InChI=1S/C28H22N2O2/c29-27-16-6-14-20-19(8-5-15-25(20)27)9-7-17-30-28(31)32-18-26-23-12-3-1-10-21(23)22-11-2-4-13-24(22)26/h1-6,8,10-16,26H,17-18,29H2,(H,30,31). The van der Waals surface area contributed by atoms with Crippen molar-refractivity contribution in [3.05, 3.63) is 102 Å². The molecule has 0 bridgehead atoms. The van der Waals surface area contributed by atoms with E-state index >= 15 is 0 Å². The highest BCUT2D eigenvalue weighted by molar-refractivity contribution is 5.96. The highest BCUT2D eigenvalue weighted by Crippen LogP contribution is 2.44. The molecule has 1 amide bonds. The van der Waals surface area contributed by atoms with E-state index in [2.05, 4.69) is 41.4 Å². The summed E-state index contributed by atoms with van der Waals surface area (Å²) in [6, 6.07) is 28.2. The van der Waals surface area contributed by atoms with Crippen molar-refractivity contribution in [1.82, 2.24) is 5.32 Å². The van der Waals surface area contributed by atoms with Crippen LogP contribution in [0.4, 0.5) is 10.5 Å². The van der Waals surface area contributed by atoms with Crippen LogP contribution in [0.5, 0.6) is 0 Å². The van der Waals surface area contributed by atoms with Crippen molar-refractivity contribution >= 4 is 22.6 Å². The van der Waals surface area contributed by atoms with Crippen LogP contribution in [0.1, 0.15) is 22.6 Å². The molecule has 0 saturated heterocycles. The molecule has 156 valence electrons. The van der Waals surface area contributed by atoms with E-state index in [0.29, 0.717) is 0 Å². The van der Waals surface area contributed by atoms with E-state index in [1.165, 1.54) is 22.3 Å². The van der Waals surface area contributed by atoms with E-state index in [-0.39, 0.29) is 19.1 Å². The zero-order valence-corrected chi connectivity index (χ0v) is 17.5. The predicted molar refractivity (Wildman–Crippen MR) is 128 cm³/mol. The van der Waals surface area contributed by atoms with Crippen LogP contribution < -0.4 is 11.1 Å². The highest BCUT2D eigenvalue weighted by Gasteiger charge is 2.28. The third kappa shape index (κ3) is 3.66. The van der Waals surface area contributed by atoms with E-state index in [0.717, 1.165) is 22.0 Å². The number of hydrogen-bond donors (Lipinski definition) is 2. The number of rotatable bonds is 3. The minimum absolute atomic E-state index is 0.0420. The minimum atomic E-state index is -0.469. The van der Waals surface area contributed by atoms with Gasteiger partial charge in [0, 0.05) is 22.6 Å². The van der Waals surface area contributed by atoms with Crippen molar-refractivity contribution in [1.29, 1.82) is 0 Å². The smallest absolute Gasteiger partial charge is 0.407 e. The second kappa shape index (κ2) is 8.49. The Balaban J connectivity index is 1.22. The minimum Gasteiger partial charge on any atom is -0.449 e. The summed E-state index contributed by atoms with van der Waals surface area (Å²) in [4.78, 5) is 12.3. The molecular formula is C28H22N2O2. The first-order valence-corrected chi connectivity index (χ1v) is 10.6. The van der Waals surface area contributed by atoms with Crippen molar-refractivity contribution in [2.24, 2.45) is 0 Å². The van der Waals surface area contributed by atoms with Gasteiger partial charge in [0.05, 0.1) is 6.54 Å². The van der Waals surface area contributed by atoms with Crippen molar-refractivity contribution in [2.45, 2.75) is 5.92 Å². The lowest BCUT2D eigenvalue weighted by Crippen LogP contribution is -2.26. The molecule has 1 aliphatic carbocycles. The maximum Gasteiger partial charge on any atom is 0.407 e. The van der Waals surface area contributed by atoms with Gasteiger partial charge in [0.1, 0.15) is 6.61 Å². The Morgan fingerprint density at radius 2 is 1.50 bits per heavy atom. The first kappa shape index (κ1) is 19.7. The number of ether oxygens (including phenoxy) is 1. The van der Waals surface area contributed by atoms with Gasteiger partial charge in [-0.1, -0.05) is 84.6 Å². The molecule has 0 heterocycles. The molecule has 0 atom stereocenters. The number of benzene rings is 4. The molecule has 0 aliphatic heterocycles. The van der Waals surface area contributed by atoms with Crippen LogP contribution in [0.3, 0.4) is 0 Å². The maximum absolute atomic E-state index is 12.3. The molecule has 4 aromatic carbocycles. The largest absolute Gasteiger partial charge is 0.449 e. The highest BCUT2D eigenvalue weighted by atomic mass is 16.5. The third-order valence-corrected chi connectivity index (χ3v) is 5.84. The Morgan fingerprint density at radius 1 is 0.844 bits per heavy atom. The molecule has 5 rings (SSSR count). The Hall–Kier alpha value is -4.23. The quantitative estimate of drug-likeness (QED) is 0.350. The van der Waals surface area contributed by atoms with Gasteiger partial charge in [-0.3, -0.25) is 0 Å². The molecule has 4 aromatic rings. The molecule has 0 spiro atoms. The Labute approximate surface area is 187 Å². The number of alkyl carbamates (subject to hydrolysis) is 1. The van der Waals surface area contributed by atoms with Gasteiger partial charge in [-0.2, -0.15) is 0 Å². The summed E-state index contributed by atoms with van der Waals surface area (Å²) < 4.78 is 5.54. The number of fused-ring (bicyclic) bond motifs is 4. The van der Waals surface area contributed by atoms with Crippen molar-refractivity contribution in [3.8, 4) is 23.0 Å². The van der Waals surface area contributed by atoms with Crippen LogP contribution >= 0.6 is 0 Å². The molecule has 0 radical (unpaired) electrons. The van der Waals surface area contributed by atoms with Crippen LogP contribution in [0, 0.1) is 11.8 Å².